The van der Waals surface area contributed by atoms with Gasteiger partial charge in [-0.2, -0.15) is 0 Å². The zero-order valence-electron chi connectivity index (χ0n) is 10.1. The van der Waals surface area contributed by atoms with E-state index in [0.29, 0.717) is 16.6 Å². The Morgan fingerprint density at radius 1 is 1.33 bits per heavy atom. The Morgan fingerprint density at radius 3 is 2.72 bits per heavy atom. The Morgan fingerprint density at radius 2 is 2.11 bits per heavy atom. The number of nitrogens with two attached hydrogens (primary N) is 1. The van der Waals surface area contributed by atoms with Crippen molar-refractivity contribution in [2.45, 2.75) is 6.17 Å². The molecule has 0 aromatic heterocycles. The lowest BCUT2D eigenvalue weighted by molar-refractivity contribution is 0.348. The molecule has 1 aromatic carbocycles. The van der Waals surface area contributed by atoms with E-state index < -0.39 is 0 Å². The Labute approximate surface area is 110 Å². The van der Waals surface area contributed by atoms with E-state index in [0.717, 1.165) is 5.56 Å². The number of nitrogens with zero attached hydrogens (tertiary/aromatic N) is 1. The highest BCUT2D eigenvalue weighted by molar-refractivity contribution is 7.80. The van der Waals surface area contributed by atoms with Crippen LogP contribution in [0.25, 0.3) is 0 Å². The summed E-state index contributed by atoms with van der Waals surface area (Å²) in [5.41, 5.74) is 6.46. The quantitative estimate of drug-likeness (QED) is 0.691. The van der Waals surface area contributed by atoms with Crippen LogP contribution in [0.15, 0.2) is 23.2 Å². The molecular weight excluding hydrogens is 252 g/mol. The first-order valence-corrected chi connectivity index (χ1v) is 5.68. The van der Waals surface area contributed by atoms with Gasteiger partial charge < -0.3 is 25.8 Å². The molecule has 6 nitrogen and oxygen atoms in total. The number of nitrogens with one attached hydrogen (secondary N) is 2. The average molecular weight is 266 g/mol. The number of hydrogen-bond donors (Lipinski definition) is 3. The summed E-state index contributed by atoms with van der Waals surface area (Å²) in [7, 11) is 3.16. The van der Waals surface area contributed by atoms with Crippen molar-refractivity contribution in [3.05, 3.63) is 23.8 Å². The smallest absolute Gasteiger partial charge is 0.197 e. The summed E-state index contributed by atoms with van der Waals surface area (Å²) in [4.78, 5) is 4.24. The molecule has 1 aromatic rings. The van der Waals surface area contributed by atoms with Crippen molar-refractivity contribution in [3.8, 4) is 11.5 Å². The highest BCUT2D eigenvalue weighted by Gasteiger charge is 2.22. The third-order valence-corrected chi connectivity index (χ3v) is 2.73. The van der Waals surface area contributed by atoms with Crippen LogP contribution in [-0.2, 0) is 0 Å². The summed E-state index contributed by atoms with van der Waals surface area (Å²) in [5, 5.41) is 6.16. The zero-order chi connectivity index (χ0) is 13.1. The number of para-hydroxylation sites is 1. The van der Waals surface area contributed by atoms with Crippen molar-refractivity contribution < 1.29 is 9.47 Å². The summed E-state index contributed by atoms with van der Waals surface area (Å²) in [6, 6.07) is 5.55. The van der Waals surface area contributed by atoms with E-state index in [1.165, 1.54) is 0 Å². The van der Waals surface area contributed by atoms with E-state index >= 15 is 0 Å². The van der Waals surface area contributed by atoms with Crippen LogP contribution in [-0.4, -0.2) is 25.3 Å². The SMILES string of the molecule is COc1cccc(C2N=C(N)NC(=S)N2)c1OC. The van der Waals surface area contributed by atoms with E-state index in [4.69, 9.17) is 27.4 Å². The average Bonchev–Trinajstić information content (AvgIpc) is 2.36. The molecule has 0 saturated heterocycles. The number of thiocarbonyl (C=S) groups is 1. The van der Waals surface area contributed by atoms with Gasteiger partial charge in [0.1, 0.15) is 0 Å². The standard InChI is InChI=1S/C11H14N4O2S/c1-16-7-5-3-4-6(8(7)17-2)9-13-10(12)15-11(18)14-9/h3-5,9H,1-2H3,(H4,12,13,14,15,18). The van der Waals surface area contributed by atoms with E-state index in [1.807, 2.05) is 18.2 Å². The minimum absolute atomic E-state index is 0.272. The van der Waals surface area contributed by atoms with Gasteiger partial charge in [0.05, 0.1) is 14.2 Å². The van der Waals surface area contributed by atoms with Crippen molar-refractivity contribution in [3.63, 3.8) is 0 Å². The minimum atomic E-state index is -0.385. The Kier molecular flexibility index (Phi) is 3.52. The minimum Gasteiger partial charge on any atom is -0.493 e. The number of rotatable bonds is 3. The van der Waals surface area contributed by atoms with Crippen LogP contribution in [0.4, 0.5) is 0 Å². The third kappa shape index (κ3) is 2.30. The number of ether oxygens (including phenoxy) is 2. The lowest BCUT2D eigenvalue weighted by Crippen LogP contribution is -2.49. The molecule has 1 heterocycles. The van der Waals surface area contributed by atoms with Crippen molar-refractivity contribution >= 4 is 23.3 Å². The second kappa shape index (κ2) is 5.09. The van der Waals surface area contributed by atoms with Crippen LogP contribution < -0.4 is 25.8 Å². The molecule has 0 amide bonds. The van der Waals surface area contributed by atoms with Crippen molar-refractivity contribution in [2.24, 2.45) is 10.7 Å². The van der Waals surface area contributed by atoms with Crippen LogP contribution in [0.2, 0.25) is 0 Å². The van der Waals surface area contributed by atoms with Gasteiger partial charge in [-0.1, -0.05) is 12.1 Å². The molecule has 0 spiro atoms. The van der Waals surface area contributed by atoms with Gasteiger partial charge in [-0.25, -0.2) is 4.99 Å². The topological polar surface area (TPSA) is 80.9 Å². The van der Waals surface area contributed by atoms with Gasteiger partial charge in [-0.05, 0) is 18.3 Å². The molecule has 2 rings (SSSR count). The zero-order valence-corrected chi connectivity index (χ0v) is 10.9. The monoisotopic (exact) mass is 266 g/mol. The largest absolute Gasteiger partial charge is 0.493 e. The first kappa shape index (κ1) is 12.4. The Balaban J connectivity index is 2.44. The van der Waals surface area contributed by atoms with Crippen LogP contribution in [0.5, 0.6) is 11.5 Å². The van der Waals surface area contributed by atoms with Gasteiger partial charge in [0, 0.05) is 5.56 Å². The number of hydrogen-bond acceptors (Lipinski definition) is 5. The lowest BCUT2D eigenvalue weighted by Gasteiger charge is -2.24. The first-order chi connectivity index (χ1) is 8.65. The van der Waals surface area contributed by atoms with Crippen molar-refractivity contribution in [2.75, 3.05) is 14.2 Å². The maximum atomic E-state index is 5.65. The maximum Gasteiger partial charge on any atom is 0.197 e. The van der Waals surface area contributed by atoms with Gasteiger partial charge in [-0.15, -0.1) is 0 Å². The molecule has 0 saturated carbocycles. The molecule has 96 valence electrons. The van der Waals surface area contributed by atoms with E-state index in [2.05, 4.69) is 15.6 Å². The summed E-state index contributed by atoms with van der Waals surface area (Å²) in [6.07, 6.45) is -0.385. The number of methoxy groups -OCH3 is 2. The molecule has 0 aliphatic carbocycles. The van der Waals surface area contributed by atoms with Crippen LogP contribution >= 0.6 is 12.2 Å². The van der Waals surface area contributed by atoms with E-state index in [-0.39, 0.29) is 12.1 Å². The van der Waals surface area contributed by atoms with Crippen LogP contribution in [0, 0.1) is 0 Å². The Hall–Kier alpha value is -2.02. The summed E-state index contributed by atoms with van der Waals surface area (Å²) in [6.45, 7) is 0. The molecule has 4 N–H and O–H groups in total. The molecule has 1 aliphatic rings. The van der Waals surface area contributed by atoms with Gasteiger partial charge in [-0.3, -0.25) is 0 Å². The van der Waals surface area contributed by atoms with Crippen molar-refractivity contribution in [1.29, 1.82) is 0 Å². The third-order valence-electron chi connectivity index (χ3n) is 2.51. The summed E-state index contributed by atoms with van der Waals surface area (Å²) < 4.78 is 10.6. The number of aliphatic imine (C=N–C) groups is 1. The molecule has 1 atom stereocenters. The van der Waals surface area contributed by atoms with Crippen LogP contribution in [0.1, 0.15) is 11.7 Å². The Bertz CT molecular complexity index is 504. The molecular formula is C11H14N4O2S. The second-order valence-corrected chi connectivity index (χ2v) is 4.01. The maximum absolute atomic E-state index is 5.65. The normalized spacial score (nSPS) is 18.4. The summed E-state index contributed by atoms with van der Waals surface area (Å²) >= 11 is 5.05. The predicted molar refractivity (Wildman–Crippen MR) is 72.8 cm³/mol. The lowest BCUT2D eigenvalue weighted by atomic mass is 10.1. The fourth-order valence-electron chi connectivity index (χ4n) is 1.75. The van der Waals surface area contributed by atoms with E-state index in [1.54, 1.807) is 14.2 Å². The summed E-state index contributed by atoms with van der Waals surface area (Å²) in [5.74, 6) is 1.52. The fraction of sp³-hybridized carbons (Fsp3) is 0.273. The molecule has 0 radical (unpaired) electrons. The fourth-order valence-corrected chi connectivity index (χ4v) is 1.97. The van der Waals surface area contributed by atoms with Gasteiger partial charge in [0.25, 0.3) is 0 Å². The molecule has 1 unspecified atom stereocenters. The molecule has 1 aliphatic heterocycles. The van der Waals surface area contributed by atoms with Crippen LogP contribution in [0.3, 0.4) is 0 Å². The van der Waals surface area contributed by atoms with E-state index in [9.17, 15) is 0 Å². The highest BCUT2D eigenvalue weighted by Crippen LogP contribution is 2.35. The van der Waals surface area contributed by atoms with Gasteiger partial charge in [0.15, 0.2) is 28.7 Å². The number of benzene rings is 1. The van der Waals surface area contributed by atoms with Crippen molar-refractivity contribution in [1.82, 2.24) is 10.6 Å². The molecule has 18 heavy (non-hydrogen) atoms. The number of guanidine groups is 1. The first-order valence-electron chi connectivity index (χ1n) is 5.27. The van der Waals surface area contributed by atoms with Gasteiger partial charge >= 0.3 is 0 Å². The second-order valence-electron chi connectivity index (χ2n) is 3.60. The molecule has 0 bridgehead atoms. The molecule has 0 fully saturated rings. The highest BCUT2D eigenvalue weighted by atomic mass is 32.1. The van der Waals surface area contributed by atoms with Gasteiger partial charge in [0.2, 0.25) is 0 Å². The molecule has 7 heteroatoms. The predicted octanol–water partition coefficient (Wildman–Crippen LogP) is 0.495.